The molecule has 3 fully saturated rings. The van der Waals surface area contributed by atoms with Gasteiger partial charge in [-0.25, -0.2) is 4.79 Å². The van der Waals surface area contributed by atoms with Gasteiger partial charge in [-0.1, -0.05) is 59.7 Å². The molecule has 230 valence electrons. The number of nitrogens with zero attached hydrogens (tertiary/aromatic N) is 1. The van der Waals surface area contributed by atoms with Gasteiger partial charge in [0.25, 0.3) is 0 Å². The quantitative estimate of drug-likeness (QED) is 0.278. The average molecular weight is 623 g/mol. The summed E-state index contributed by atoms with van der Waals surface area (Å²) in [6.45, 7) is 22.5. The summed E-state index contributed by atoms with van der Waals surface area (Å²) in [7, 11) is -4.32. The Morgan fingerprint density at radius 3 is 2.22 bits per heavy atom. The maximum absolute atomic E-state index is 13.4. The van der Waals surface area contributed by atoms with Crippen molar-refractivity contribution in [1.29, 1.82) is 0 Å². The van der Waals surface area contributed by atoms with Gasteiger partial charge in [-0.3, -0.25) is 15.0 Å². The molecule has 0 radical (unpaired) electrons. The predicted octanol–water partition coefficient (Wildman–Crippen LogP) is 5.83. The van der Waals surface area contributed by atoms with Crippen LogP contribution in [0.5, 0.6) is 0 Å². The molecule has 3 amide bonds. The number of carbonyl (C=O) groups is 2. The van der Waals surface area contributed by atoms with Gasteiger partial charge in [0.15, 0.2) is 16.6 Å². The molecule has 3 aliphatic rings. The Bertz CT molecular complexity index is 1110. The molecule has 1 aromatic carbocycles. The van der Waals surface area contributed by atoms with Crippen molar-refractivity contribution in [2.24, 2.45) is 11.8 Å². The van der Waals surface area contributed by atoms with Crippen LogP contribution in [-0.4, -0.2) is 81.5 Å². The lowest BCUT2D eigenvalue weighted by Gasteiger charge is -2.51. The standard InChI is InChI=1S/C30H50N2O6SSi2/c1-29(2,3)40(7,8)36-17-23-25(38-41(9,10)30(4,5)6)20-16-22(33)24-21(18-39-19-14-12-11-13-15-19)26(34)31-28(35)32(24)27(20)37-23/h11-15,20-25,27,33H,16-18H2,1-10H3,(H,31,34,35)/t20-,21?,22?,23+,24?,25-,27+/m0/s1. The minimum atomic E-state index is -2.24. The summed E-state index contributed by atoms with van der Waals surface area (Å²) in [6.07, 6.45) is -1.80. The van der Waals surface area contributed by atoms with E-state index in [2.05, 4.69) is 73.0 Å². The fourth-order valence-corrected chi connectivity index (χ4v) is 8.86. The van der Waals surface area contributed by atoms with Gasteiger partial charge < -0.3 is 18.7 Å². The summed E-state index contributed by atoms with van der Waals surface area (Å²) in [5, 5.41) is 14.1. The third kappa shape index (κ3) is 6.66. The first-order valence-corrected chi connectivity index (χ1v) is 21.6. The molecule has 1 aromatic rings. The second kappa shape index (κ2) is 11.7. The molecule has 11 heteroatoms. The number of hydrogen-bond donors (Lipinski definition) is 2. The molecular formula is C30H50N2O6SSi2. The van der Waals surface area contributed by atoms with Gasteiger partial charge in [0.05, 0.1) is 30.8 Å². The summed E-state index contributed by atoms with van der Waals surface area (Å²) < 4.78 is 20.4. The van der Waals surface area contributed by atoms with E-state index < -0.39 is 47.0 Å². The first-order chi connectivity index (χ1) is 18.8. The number of thioether (sulfide) groups is 1. The monoisotopic (exact) mass is 622 g/mol. The lowest BCUT2D eigenvalue weighted by molar-refractivity contribution is -0.153. The van der Waals surface area contributed by atoms with E-state index in [4.69, 9.17) is 13.6 Å². The number of nitrogens with one attached hydrogen (secondary N) is 1. The fraction of sp³-hybridized carbons (Fsp3) is 0.733. The van der Waals surface area contributed by atoms with Gasteiger partial charge in [0.2, 0.25) is 5.91 Å². The maximum atomic E-state index is 13.4. The molecule has 0 aliphatic carbocycles. The van der Waals surface area contributed by atoms with Gasteiger partial charge in [-0.2, -0.15) is 0 Å². The van der Waals surface area contributed by atoms with Crippen molar-refractivity contribution in [3.05, 3.63) is 30.3 Å². The molecule has 0 spiro atoms. The molecule has 0 aromatic heterocycles. The zero-order valence-corrected chi connectivity index (χ0v) is 29.2. The van der Waals surface area contributed by atoms with Crippen molar-refractivity contribution in [3.63, 3.8) is 0 Å². The molecule has 41 heavy (non-hydrogen) atoms. The van der Waals surface area contributed by atoms with E-state index in [1.165, 1.54) is 0 Å². The SMILES string of the molecule is CC(C)(C)[Si](C)(C)OC[C@H]1O[C@@H]2[C@@H](CC(O)C3C(CSc4ccccc4)C(=O)NC(=O)N32)[C@@H]1O[Si](C)(C)C(C)(C)C. The van der Waals surface area contributed by atoms with Crippen LogP contribution in [0, 0.1) is 11.8 Å². The largest absolute Gasteiger partial charge is 0.414 e. The van der Waals surface area contributed by atoms with Crippen LogP contribution < -0.4 is 5.32 Å². The number of aliphatic hydroxyl groups is 1. The van der Waals surface area contributed by atoms with Gasteiger partial charge in [0.1, 0.15) is 12.3 Å². The number of fused-ring (bicyclic) bond motifs is 3. The fourth-order valence-electron chi connectivity index (χ4n) is 5.42. The van der Waals surface area contributed by atoms with Crippen molar-refractivity contribution in [1.82, 2.24) is 10.2 Å². The van der Waals surface area contributed by atoms with E-state index >= 15 is 0 Å². The van der Waals surface area contributed by atoms with Crippen LogP contribution in [0.4, 0.5) is 4.79 Å². The lowest BCUT2D eigenvalue weighted by Crippen LogP contribution is -2.70. The summed E-state index contributed by atoms with van der Waals surface area (Å²) in [6, 6.07) is 8.69. The van der Waals surface area contributed by atoms with E-state index in [9.17, 15) is 14.7 Å². The van der Waals surface area contributed by atoms with Gasteiger partial charge >= 0.3 is 6.03 Å². The highest BCUT2D eigenvalue weighted by Gasteiger charge is 2.61. The van der Waals surface area contributed by atoms with E-state index in [1.807, 2.05) is 30.3 Å². The summed E-state index contributed by atoms with van der Waals surface area (Å²) in [4.78, 5) is 29.1. The highest BCUT2D eigenvalue weighted by molar-refractivity contribution is 7.99. The predicted molar refractivity (Wildman–Crippen MR) is 168 cm³/mol. The Kier molecular flexibility index (Phi) is 9.33. The average Bonchev–Trinajstić information content (AvgIpc) is 3.17. The van der Waals surface area contributed by atoms with Crippen molar-refractivity contribution >= 4 is 40.3 Å². The Morgan fingerprint density at radius 2 is 1.63 bits per heavy atom. The molecule has 3 saturated heterocycles. The highest BCUT2D eigenvalue weighted by Crippen LogP contribution is 2.48. The number of carbonyl (C=O) groups excluding carboxylic acids is 2. The van der Waals surface area contributed by atoms with Crippen LogP contribution in [0.25, 0.3) is 0 Å². The smallest absolute Gasteiger partial charge is 0.326 e. The molecule has 4 rings (SSSR count). The molecule has 7 atom stereocenters. The van der Waals surface area contributed by atoms with Crippen LogP contribution in [0.15, 0.2) is 35.2 Å². The third-order valence-electron chi connectivity index (χ3n) is 10.0. The van der Waals surface area contributed by atoms with Crippen molar-refractivity contribution in [2.45, 2.75) is 120 Å². The number of urea groups is 1. The Labute approximate surface area is 252 Å². The number of imide groups is 1. The molecule has 0 saturated carbocycles. The first-order valence-electron chi connectivity index (χ1n) is 14.8. The van der Waals surface area contributed by atoms with E-state index in [0.717, 1.165) is 4.90 Å². The van der Waals surface area contributed by atoms with E-state index in [1.54, 1.807) is 16.7 Å². The van der Waals surface area contributed by atoms with E-state index in [0.29, 0.717) is 18.8 Å². The third-order valence-corrected chi connectivity index (χ3v) is 20.1. The first kappa shape index (κ1) is 32.7. The zero-order valence-electron chi connectivity index (χ0n) is 26.4. The van der Waals surface area contributed by atoms with Crippen molar-refractivity contribution in [3.8, 4) is 0 Å². The molecule has 3 unspecified atom stereocenters. The van der Waals surface area contributed by atoms with Crippen molar-refractivity contribution in [2.75, 3.05) is 12.4 Å². The number of amides is 3. The number of hydrogen-bond acceptors (Lipinski definition) is 7. The summed E-state index contributed by atoms with van der Waals surface area (Å²) in [5.41, 5.74) is 0. The van der Waals surface area contributed by atoms with E-state index in [-0.39, 0.29) is 34.1 Å². The molecule has 0 bridgehead atoms. The minimum Gasteiger partial charge on any atom is -0.414 e. The minimum absolute atomic E-state index is 0.0274. The second-order valence-corrected chi connectivity index (χ2v) is 25.5. The Balaban J connectivity index is 1.63. The summed E-state index contributed by atoms with van der Waals surface area (Å²) >= 11 is 1.55. The maximum Gasteiger partial charge on any atom is 0.326 e. The van der Waals surface area contributed by atoms with Gasteiger partial charge in [-0.05, 0) is 54.8 Å². The van der Waals surface area contributed by atoms with Crippen LogP contribution in [0.2, 0.25) is 36.3 Å². The Hall–Kier alpha value is -1.22. The molecule has 3 aliphatic heterocycles. The van der Waals surface area contributed by atoms with Crippen LogP contribution >= 0.6 is 11.8 Å². The summed E-state index contributed by atoms with van der Waals surface area (Å²) in [5.74, 6) is -0.702. The highest BCUT2D eigenvalue weighted by atomic mass is 32.2. The number of ether oxygens (including phenoxy) is 1. The van der Waals surface area contributed by atoms with Gasteiger partial charge in [-0.15, -0.1) is 11.8 Å². The number of piperidine rings is 1. The number of benzene rings is 1. The molecular weight excluding hydrogens is 573 g/mol. The number of rotatable bonds is 8. The van der Waals surface area contributed by atoms with Crippen molar-refractivity contribution < 1.29 is 28.3 Å². The zero-order chi connectivity index (χ0) is 30.5. The van der Waals surface area contributed by atoms with Gasteiger partial charge in [0, 0.05) is 16.6 Å². The normalized spacial score (nSPS) is 31.1. The topological polar surface area (TPSA) is 97.3 Å². The molecule has 2 N–H and O–H groups in total. The second-order valence-electron chi connectivity index (χ2n) is 14.9. The molecule has 8 nitrogen and oxygen atoms in total. The number of aliphatic hydroxyl groups excluding tert-OH is 1. The van der Waals surface area contributed by atoms with Crippen LogP contribution in [0.3, 0.4) is 0 Å². The Morgan fingerprint density at radius 1 is 1.02 bits per heavy atom. The van der Waals surface area contributed by atoms with Crippen LogP contribution in [0.1, 0.15) is 48.0 Å². The molecule has 3 heterocycles. The lowest BCUT2D eigenvalue weighted by atomic mass is 9.80. The van der Waals surface area contributed by atoms with Crippen LogP contribution in [-0.2, 0) is 18.4 Å².